The maximum Gasteiger partial charge on any atom is 0.263 e. The minimum Gasteiger partial charge on any atom is -0.315 e. The molecule has 0 spiro atoms. The number of nitrogens with two attached hydrogens (primary N) is 1. The van der Waals surface area contributed by atoms with Crippen LogP contribution in [0.15, 0.2) is 11.9 Å². The van der Waals surface area contributed by atoms with Crippen molar-refractivity contribution in [3.8, 4) is 0 Å². The zero-order chi connectivity index (χ0) is 8.15. The molecular weight excluding hydrogens is 134 g/mol. The molecular formula is C5H11N3O2. The molecule has 58 valence electrons. The van der Waals surface area contributed by atoms with Crippen LogP contribution in [0.25, 0.3) is 0 Å². The van der Waals surface area contributed by atoms with Crippen molar-refractivity contribution >= 4 is 0 Å². The van der Waals surface area contributed by atoms with Crippen molar-refractivity contribution in [3.63, 3.8) is 0 Å². The second-order valence-corrected chi connectivity index (χ2v) is 1.90. The van der Waals surface area contributed by atoms with Gasteiger partial charge in [0.15, 0.2) is 0 Å². The van der Waals surface area contributed by atoms with Crippen LogP contribution in [-0.2, 0) is 0 Å². The summed E-state index contributed by atoms with van der Waals surface area (Å²) in [4.78, 5) is 9.68. The second-order valence-electron chi connectivity index (χ2n) is 1.90. The first-order valence-corrected chi connectivity index (χ1v) is 2.90. The molecule has 5 nitrogen and oxygen atoms in total. The summed E-state index contributed by atoms with van der Waals surface area (Å²) in [6, 6.07) is 0. The summed E-state index contributed by atoms with van der Waals surface area (Å²) in [6.45, 7) is 1.71. The number of hydrogen-bond donors (Lipinski definition) is 1. The fourth-order valence-corrected chi connectivity index (χ4v) is 0.503. The van der Waals surface area contributed by atoms with E-state index in [1.54, 1.807) is 14.0 Å². The highest BCUT2D eigenvalue weighted by atomic mass is 16.6. The molecule has 0 radical (unpaired) electrons. The summed E-state index contributed by atoms with van der Waals surface area (Å²) in [6.07, 6.45) is 1.68. The predicted molar refractivity (Wildman–Crippen MR) is 37.3 cm³/mol. The molecule has 0 aliphatic heterocycles. The van der Waals surface area contributed by atoms with Gasteiger partial charge in [-0.3, -0.25) is 10.1 Å². The van der Waals surface area contributed by atoms with E-state index in [1.807, 2.05) is 0 Å². The van der Waals surface area contributed by atoms with Gasteiger partial charge in [-0.2, -0.15) is 0 Å². The van der Waals surface area contributed by atoms with Crippen molar-refractivity contribution in [2.75, 3.05) is 7.05 Å². The van der Waals surface area contributed by atoms with E-state index in [0.29, 0.717) is 6.42 Å². The van der Waals surface area contributed by atoms with Crippen molar-refractivity contribution in [3.05, 3.63) is 22.0 Å². The number of rotatable bonds is 3. The van der Waals surface area contributed by atoms with Crippen LogP contribution < -0.4 is 5.84 Å². The maximum absolute atomic E-state index is 10.1. The molecule has 0 aromatic rings. The molecule has 0 heterocycles. The molecule has 0 saturated carbocycles. The summed E-state index contributed by atoms with van der Waals surface area (Å²) >= 11 is 0. The lowest BCUT2D eigenvalue weighted by molar-refractivity contribution is -0.428. The van der Waals surface area contributed by atoms with Crippen molar-refractivity contribution < 1.29 is 4.92 Å². The lowest BCUT2D eigenvalue weighted by Crippen LogP contribution is -2.20. The van der Waals surface area contributed by atoms with Gasteiger partial charge >= 0.3 is 0 Å². The molecule has 0 aliphatic carbocycles. The van der Waals surface area contributed by atoms with Gasteiger partial charge in [0.25, 0.3) is 5.70 Å². The van der Waals surface area contributed by atoms with E-state index in [-0.39, 0.29) is 5.70 Å². The Morgan fingerprint density at radius 1 is 1.90 bits per heavy atom. The number of hydrogen-bond acceptors (Lipinski definition) is 4. The van der Waals surface area contributed by atoms with Crippen LogP contribution in [0.2, 0.25) is 0 Å². The third-order valence-corrected chi connectivity index (χ3v) is 0.949. The smallest absolute Gasteiger partial charge is 0.263 e. The quantitative estimate of drug-likeness (QED) is 0.352. The highest BCUT2D eigenvalue weighted by molar-refractivity contribution is 4.87. The van der Waals surface area contributed by atoms with E-state index in [1.165, 1.54) is 11.2 Å². The van der Waals surface area contributed by atoms with E-state index < -0.39 is 4.92 Å². The molecule has 0 aliphatic rings. The number of nitro groups is 1. The molecule has 0 atom stereocenters. The lowest BCUT2D eigenvalue weighted by atomic mass is 10.4. The fourth-order valence-electron chi connectivity index (χ4n) is 0.503. The van der Waals surface area contributed by atoms with Crippen LogP contribution >= 0.6 is 0 Å². The highest BCUT2D eigenvalue weighted by Crippen LogP contribution is 1.99. The minimum absolute atomic E-state index is 0.116. The van der Waals surface area contributed by atoms with Crippen molar-refractivity contribution in [1.29, 1.82) is 0 Å². The highest BCUT2D eigenvalue weighted by Gasteiger charge is 2.06. The van der Waals surface area contributed by atoms with Crippen LogP contribution in [0.1, 0.15) is 13.3 Å². The largest absolute Gasteiger partial charge is 0.315 e. The fraction of sp³-hybridized carbons (Fsp3) is 0.600. The normalized spacial score (nSPS) is 11.3. The molecule has 0 unspecified atom stereocenters. The van der Waals surface area contributed by atoms with Gasteiger partial charge in [-0.1, -0.05) is 6.92 Å². The molecule has 10 heavy (non-hydrogen) atoms. The summed E-state index contributed by atoms with van der Waals surface area (Å²) in [5.41, 5.74) is 0.116. The van der Waals surface area contributed by atoms with Crippen molar-refractivity contribution in [2.45, 2.75) is 13.3 Å². The van der Waals surface area contributed by atoms with E-state index in [2.05, 4.69) is 0 Å². The van der Waals surface area contributed by atoms with Gasteiger partial charge < -0.3 is 5.01 Å². The molecule has 0 rings (SSSR count). The lowest BCUT2D eigenvalue weighted by Gasteiger charge is -2.02. The molecule has 2 N–H and O–H groups in total. The van der Waals surface area contributed by atoms with Gasteiger partial charge in [0, 0.05) is 13.5 Å². The summed E-state index contributed by atoms with van der Waals surface area (Å²) in [5.74, 6) is 5.16. The monoisotopic (exact) mass is 145 g/mol. The Morgan fingerprint density at radius 2 is 2.40 bits per heavy atom. The topological polar surface area (TPSA) is 72.4 Å². The molecule has 0 fully saturated rings. The Hall–Kier alpha value is -1.10. The first kappa shape index (κ1) is 8.90. The Balaban J connectivity index is 4.19. The Labute approximate surface area is 59.2 Å². The van der Waals surface area contributed by atoms with E-state index in [9.17, 15) is 10.1 Å². The SMILES string of the molecule is CC/C(=C\N(C)N)[N+](=O)[O-]. The first-order valence-electron chi connectivity index (χ1n) is 2.90. The van der Waals surface area contributed by atoms with Gasteiger partial charge in [0.05, 0.1) is 11.1 Å². The predicted octanol–water partition coefficient (Wildman–Crippen LogP) is 0.320. The molecule has 0 bridgehead atoms. The average Bonchev–Trinajstić information content (AvgIpc) is 1.81. The van der Waals surface area contributed by atoms with E-state index in [0.717, 1.165) is 0 Å². The van der Waals surface area contributed by atoms with Crippen LogP contribution in [0.4, 0.5) is 0 Å². The van der Waals surface area contributed by atoms with Gasteiger partial charge in [-0.25, -0.2) is 5.84 Å². The first-order chi connectivity index (χ1) is 4.57. The van der Waals surface area contributed by atoms with Crippen LogP contribution in [0.5, 0.6) is 0 Å². The van der Waals surface area contributed by atoms with Crippen LogP contribution in [0.3, 0.4) is 0 Å². The molecule has 5 heteroatoms. The summed E-state index contributed by atoms with van der Waals surface area (Å²) < 4.78 is 0. The third kappa shape index (κ3) is 3.03. The summed E-state index contributed by atoms with van der Waals surface area (Å²) in [7, 11) is 1.54. The van der Waals surface area contributed by atoms with E-state index >= 15 is 0 Å². The third-order valence-electron chi connectivity index (χ3n) is 0.949. The van der Waals surface area contributed by atoms with Gasteiger partial charge in [0.2, 0.25) is 0 Å². The number of hydrazine groups is 1. The van der Waals surface area contributed by atoms with Crippen LogP contribution in [-0.4, -0.2) is 17.0 Å². The average molecular weight is 145 g/mol. The minimum atomic E-state index is -0.441. The standard InChI is InChI=1S/C5H11N3O2/c1-3-5(8(9)10)4-7(2)6/h4H,3,6H2,1-2H3/b5-4+. The van der Waals surface area contributed by atoms with Gasteiger partial charge in [-0.15, -0.1) is 0 Å². The number of nitrogens with zero attached hydrogens (tertiary/aromatic N) is 2. The Morgan fingerprint density at radius 3 is 2.50 bits per heavy atom. The Kier molecular flexibility index (Phi) is 3.42. The van der Waals surface area contributed by atoms with Crippen LogP contribution in [0, 0.1) is 10.1 Å². The summed E-state index contributed by atoms with van der Waals surface area (Å²) in [5, 5.41) is 11.3. The maximum atomic E-state index is 10.1. The Bertz CT molecular complexity index is 153. The van der Waals surface area contributed by atoms with Gasteiger partial charge in [-0.05, 0) is 0 Å². The molecule has 0 aromatic carbocycles. The van der Waals surface area contributed by atoms with E-state index in [4.69, 9.17) is 5.84 Å². The van der Waals surface area contributed by atoms with Crippen molar-refractivity contribution in [1.82, 2.24) is 5.01 Å². The molecule has 0 amide bonds. The zero-order valence-electron chi connectivity index (χ0n) is 6.07. The van der Waals surface area contributed by atoms with Crippen molar-refractivity contribution in [2.24, 2.45) is 5.84 Å². The number of allylic oxidation sites excluding steroid dienone is 1. The molecule has 0 saturated heterocycles. The second kappa shape index (κ2) is 3.84. The molecule has 0 aromatic heterocycles. The van der Waals surface area contributed by atoms with Gasteiger partial charge in [0.1, 0.15) is 0 Å². The zero-order valence-corrected chi connectivity index (χ0v) is 6.07.